The first-order valence-corrected chi connectivity index (χ1v) is 11.7. The average molecular weight is 480 g/mol. The van der Waals surface area contributed by atoms with Gasteiger partial charge in [-0.3, -0.25) is 9.63 Å². The number of para-hydroxylation sites is 2. The van der Waals surface area contributed by atoms with E-state index in [4.69, 9.17) is 28.0 Å². The molecule has 0 bridgehead atoms. The molecule has 1 aliphatic rings. The molecule has 1 N–H and O–H groups in total. The number of rotatable bonds is 6. The molecule has 1 saturated heterocycles. The Morgan fingerprint density at radius 2 is 1.45 bits per heavy atom. The first-order chi connectivity index (χ1) is 16.1. The summed E-state index contributed by atoms with van der Waals surface area (Å²) in [5.41, 5.74) is 3.94. The highest BCUT2D eigenvalue weighted by Gasteiger charge is 2.37. The molecular weight excluding hydrogens is 457 g/mol. The summed E-state index contributed by atoms with van der Waals surface area (Å²) in [6.07, 6.45) is 1.40. The predicted molar refractivity (Wildman–Crippen MR) is 130 cm³/mol. The summed E-state index contributed by atoms with van der Waals surface area (Å²) >= 11 is 12.2. The molecule has 0 unspecified atom stereocenters. The lowest BCUT2D eigenvalue weighted by Gasteiger charge is -2.40. The number of carbonyl (C=O) groups excluding carboxylic acids is 1. The van der Waals surface area contributed by atoms with Gasteiger partial charge in [-0.1, -0.05) is 59.6 Å². The van der Waals surface area contributed by atoms with Gasteiger partial charge in [-0.15, -0.1) is 0 Å². The van der Waals surface area contributed by atoms with Gasteiger partial charge in [0.05, 0.1) is 29.7 Å². The molecule has 0 radical (unpaired) electrons. The number of aromatic nitrogens is 2. The molecule has 0 spiro atoms. The summed E-state index contributed by atoms with van der Waals surface area (Å²) < 4.78 is 0. The van der Waals surface area contributed by atoms with Gasteiger partial charge in [0.2, 0.25) is 0 Å². The number of benzene rings is 3. The maximum Gasteiger partial charge on any atom is 0.136 e. The molecular formula is C26H23Cl2N3O2. The minimum atomic E-state index is -0.208. The first-order valence-electron chi connectivity index (χ1n) is 10.9. The summed E-state index contributed by atoms with van der Waals surface area (Å²) in [5, 5.41) is 3.29. The van der Waals surface area contributed by atoms with Gasteiger partial charge in [0.15, 0.2) is 0 Å². The molecule has 1 aromatic heterocycles. The molecule has 33 heavy (non-hydrogen) atoms. The second kappa shape index (κ2) is 9.65. The summed E-state index contributed by atoms with van der Waals surface area (Å²) in [4.78, 5) is 27.1. The Bertz CT molecular complexity index is 1160. The largest absolute Gasteiger partial charge is 0.342 e. The van der Waals surface area contributed by atoms with Gasteiger partial charge in [-0.25, -0.2) is 4.98 Å². The third-order valence-corrected chi connectivity index (χ3v) is 6.49. The smallest absolute Gasteiger partial charge is 0.136 e. The summed E-state index contributed by atoms with van der Waals surface area (Å²) in [7, 11) is 0. The molecule has 0 aliphatic carbocycles. The minimum Gasteiger partial charge on any atom is -0.342 e. The van der Waals surface area contributed by atoms with E-state index in [0.29, 0.717) is 35.9 Å². The Kier molecular flexibility index (Phi) is 6.47. The maximum absolute atomic E-state index is 12.8. The molecule has 5 rings (SSSR count). The van der Waals surface area contributed by atoms with Crippen LogP contribution in [0.2, 0.25) is 10.0 Å². The molecule has 4 aromatic rings. The highest BCUT2D eigenvalue weighted by Crippen LogP contribution is 2.41. The van der Waals surface area contributed by atoms with Crippen molar-refractivity contribution in [3.05, 3.63) is 99.8 Å². The molecule has 2 atom stereocenters. The van der Waals surface area contributed by atoms with Crippen molar-refractivity contribution in [2.45, 2.75) is 31.3 Å². The van der Waals surface area contributed by atoms with Crippen LogP contribution >= 0.6 is 23.2 Å². The summed E-state index contributed by atoms with van der Waals surface area (Å²) in [6.45, 7) is 0.433. The van der Waals surface area contributed by atoms with Crippen LogP contribution in [0.15, 0.2) is 72.8 Å². The van der Waals surface area contributed by atoms with E-state index in [1.165, 1.54) is 0 Å². The molecule has 5 nitrogen and oxygen atoms in total. The van der Waals surface area contributed by atoms with Crippen LogP contribution in [0.3, 0.4) is 0 Å². The van der Waals surface area contributed by atoms with Gasteiger partial charge in [-0.2, -0.15) is 5.06 Å². The molecule has 2 heterocycles. The van der Waals surface area contributed by atoms with Crippen molar-refractivity contribution in [3.8, 4) is 0 Å². The number of hydrogen-bond donors (Lipinski definition) is 1. The van der Waals surface area contributed by atoms with Crippen molar-refractivity contribution in [1.82, 2.24) is 15.0 Å². The number of H-pyrrole nitrogens is 1. The topological polar surface area (TPSA) is 58.2 Å². The lowest BCUT2D eigenvalue weighted by Crippen LogP contribution is -2.40. The van der Waals surface area contributed by atoms with Crippen molar-refractivity contribution < 1.29 is 9.63 Å². The Balaban J connectivity index is 1.41. The van der Waals surface area contributed by atoms with Gasteiger partial charge in [0.25, 0.3) is 0 Å². The number of imidazole rings is 1. The SMILES string of the molecule is O=C1C[C@H](c2ccc(Cl)cc2)N(OCCc2nc3ccccc3[nH]2)[C@H](c2ccc(Cl)cc2)C1. The molecule has 0 amide bonds. The third kappa shape index (κ3) is 4.97. The van der Waals surface area contributed by atoms with E-state index in [0.717, 1.165) is 28.0 Å². The number of aromatic amines is 1. The van der Waals surface area contributed by atoms with E-state index in [9.17, 15) is 4.79 Å². The van der Waals surface area contributed by atoms with E-state index >= 15 is 0 Å². The number of hydrogen-bond acceptors (Lipinski definition) is 4. The Hall–Kier alpha value is -2.70. The summed E-state index contributed by atoms with van der Waals surface area (Å²) in [5.74, 6) is 1.07. The number of ketones is 1. The Labute approximate surface area is 202 Å². The molecule has 168 valence electrons. The third-order valence-electron chi connectivity index (χ3n) is 5.98. The second-order valence-corrected chi connectivity index (χ2v) is 9.10. The summed E-state index contributed by atoms with van der Waals surface area (Å²) in [6, 6.07) is 22.8. The lowest BCUT2D eigenvalue weighted by molar-refractivity contribution is -0.228. The quantitative estimate of drug-likeness (QED) is 0.343. The number of hydroxylamine groups is 2. The zero-order valence-electron chi connectivity index (χ0n) is 17.9. The van der Waals surface area contributed by atoms with Gasteiger partial charge >= 0.3 is 0 Å². The number of nitrogens with one attached hydrogen (secondary N) is 1. The van der Waals surface area contributed by atoms with Crippen LogP contribution < -0.4 is 0 Å². The van der Waals surface area contributed by atoms with Gasteiger partial charge in [0, 0.05) is 29.3 Å². The normalized spacial score (nSPS) is 19.3. The minimum absolute atomic E-state index is 0.201. The fraction of sp³-hybridized carbons (Fsp3) is 0.231. The van der Waals surface area contributed by atoms with Crippen LogP contribution in [-0.4, -0.2) is 27.4 Å². The number of fused-ring (bicyclic) bond motifs is 1. The van der Waals surface area contributed by atoms with E-state index in [1.807, 2.05) is 77.9 Å². The van der Waals surface area contributed by atoms with Gasteiger partial charge < -0.3 is 4.98 Å². The molecule has 0 saturated carbocycles. The van der Waals surface area contributed by atoms with Crippen LogP contribution in [0, 0.1) is 0 Å². The molecule has 3 aromatic carbocycles. The monoisotopic (exact) mass is 479 g/mol. The molecule has 1 aliphatic heterocycles. The Morgan fingerprint density at radius 1 is 0.879 bits per heavy atom. The van der Waals surface area contributed by atoms with E-state index in [1.54, 1.807) is 0 Å². The highest BCUT2D eigenvalue weighted by atomic mass is 35.5. The number of halogens is 2. The average Bonchev–Trinajstić information content (AvgIpc) is 3.23. The number of nitrogens with zero attached hydrogens (tertiary/aromatic N) is 2. The Morgan fingerprint density at radius 3 is 2.03 bits per heavy atom. The standard InChI is InChI=1S/C26H23Cl2N3O2/c27-19-9-5-17(6-10-19)24-15-21(32)16-25(18-7-11-20(28)12-8-18)31(24)33-14-13-26-29-22-3-1-2-4-23(22)30-26/h1-12,24-25H,13-16H2,(H,29,30)/t24-,25+. The zero-order chi connectivity index (χ0) is 22.8. The van der Waals surface area contributed by atoms with Gasteiger partial charge in [0.1, 0.15) is 11.6 Å². The fourth-order valence-corrected chi connectivity index (χ4v) is 4.61. The van der Waals surface area contributed by atoms with Crippen LogP contribution in [0.25, 0.3) is 11.0 Å². The lowest BCUT2D eigenvalue weighted by atomic mass is 9.88. The number of carbonyl (C=O) groups is 1. The van der Waals surface area contributed by atoms with Crippen molar-refractivity contribution in [1.29, 1.82) is 0 Å². The second-order valence-electron chi connectivity index (χ2n) is 8.23. The fourth-order valence-electron chi connectivity index (χ4n) is 4.36. The van der Waals surface area contributed by atoms with E-state index in [2.05, 4.69) is 9.97 Å². The van der Waals surface area contributed by atoms with Crippen LogP contribution in [-0.2, 0) is 16.1 Å². The first kappa shape index (κ1) is 22.1. The van der Waals surface area contributed by atoms with Crippen molar-refractivity contribution >= 4 is 40.0 Å². The predicted octanol–water partition coefficient (Wildman–Crippen LogP) is 6.49. The molecule has 1 fully saturated rings. The van der Waals surface area contributed by atoms with E-state index < -0.39 is 0 Å². The highest BCUT2D eigenvalue weighted by molar-refractivity contribution is 6.30. The van der Waals surface area contributed by atoms with Crippen molar-refractivity contribution in [2.75, 3.05) is 6.61 Å². The van der Waals surface area contributed by atoms with E-state index in [-0.39, 0.29) is 17.9 Å². The zero-order valence-corrected chi connectivity index (χ0v) is 19.4. The van der Waals surface area contributed by atoms with Gasteiger partial charge in [-0.05, 0) is 47.5 Å². The van der Waals surface area contributed by atoms with Crippen LogP contribution in [0.5, 0.6) is 0 Å². The maximum atomic E-state index is 12.8. The number of Topliss-reactive ketones (excluding diaryl/α,β-unsaturated/α-hetero) is 1. The van der Waals surface area contributed by atoms with Crippen molar-refractivity contribution in [2.24, 2.45) is 0 Å². The molecule has 7 heteroatoms. The van der Waals surface area contributed by atoms with Crippen LogP contribution in [0.1, 0.15) is 41.9 Å². The van der Waals surface area contributed by atoms with Crippen LogP contribution in [0.4, 0.5) is 0 Å². The number of piperidine rings is 1. The van der Waals surface area contributed by atoms with Crippen molar-refractivity contribution in [3.63, 3.8) is 0 Å².